The van der Waals surface area contributed by atoms with E-state index in [0.717, 1.165) is 55.3 Å². The maximum atomic E-state index is 11.4. The van der Waals surface area contributed by atoms with Gasteiger partial charge in [0.05, 0.1) is 11.7 Å². The lowest BCUT2D eigenvalue weighted by molar-refractivity contribution is -0.124. The van der Waals surface area contributed by atoms with Crippen molar-refractivity contribution in [3.05, 3.63) is 11.6 Å². The molecule has 1 N–H and O–H groups in total. The number of carbonyl (C=O) groups excluding carboxylic acids is 1. The standard InChI is InChI=1S/C30H50O3/c1-20(8-7-15-28(3,4)32)25-11-12-26-24-10-9-22-18-23(33-19-21(2)31)13-16-29(22,5)27(24)14-17-30(25,26)6/h9,20,23-27,32H,7-8,10-19H2,1-6H3/t20-,23+,24+,25-,26+,27+,29+,30-/m1/s1. The summed E-state index contributed by atoms with van der Waals surface area (Å²) >= 11 is 0. The lowest BCUT2D eigenvalue weighted by Gasteiger charge is -2.58. The second kappa shape index (κ2) is 9.41. The molecule has 0 aromatic heterocycles. The zero-order valence-electron chi connectivity index (χ0n) is 22.3. The Labute approximate surface area is 203 Å². The number of ether oxygens (including phenoxy) is 1. The predicted octanol–water partition coefficient (Wildman–Crippen LogP) is 7.12. The van der Waals surface area contributed by atoms with Crippen molar-refractivity contribution in [2.24, 2.45) is 40.4 Å². The zero-order chi connectivity index (χ0) is 24.0. The molecule has 33 heavy (non-hydrogen) atoms. The number of aliphatic hydroxyl groups is 1. The van der Waals surface area contributed by atoms with Crippen LogP contribution in [-0.2, 0) is 9.53 Å². The van der Waals surface area contributed by atoms with Gasteiger partial charge in [0.25, 0.3) is 0 Å². The van der Waals surface area contributed by atoms with Gasteiger partial charge in [-0.1, -0.05) is 45.3 Å². The number of hydrogen-bond acceptors (Lipinski definition) is 3. The molecule has 4 aliphatic rings. The Morgan fingerprint density at radius 3 is 2.64 bits per heavy atom. The Kier molecular flexibility index (Phi) is 7.25. The molecule has 0 saturated heterocycles. The van der Waals surface area contributed by atoms with Crippen LogP contribution < -0.4 is 0 Å². The van der Waals surface area contributed by atoms with Crippen LogP contribution in [0.4, 0.5) is 0 Å². The van der Waals surface area contributed by atoms with Gasteiger partial charge in [0, 0.05) is 0 Å². The van der Waals surface area contributed by atoms with Crippen LogP contribution in [0.15, 0.2) is 11.6 Å². The number of hydrogen-bond donors (Lipinski definition) is 1. The average molecular weight is 459 g/mol. The molecule has 0 spiro atoms. The van der Waals surface area contributed by atoms with Crippen molar-refractivity contribution < 1.29 is 14.6 Å². The van der Waals surface area contributed by atoms with Gasteiger partial charge in [-0.05, 0) is 119 Å². The van der Waals surface area contributed by atoms with Crippen LogP contribution in [0, 0.1) is 40.4 Å². The topological polar surface area (TPSA) is 46.5 Å². The largest absolute Gasteiger partial charge is 0.390 e. The highest BCUT2D eigenvalue weighted by Crippen LogP contribution is 2.67. The van der Waals surface area contributed by atoms with Crippen LogP contribution in [0.3, 0.4) is 0 Å². The maximum absolute atomic E-state index is 11.4. The lowest BCUT2D eigenvalue weighted by atomic mass is 9.47. The minimum Gasteiger partial charge on any atom is -0.390 e. The molecule has 4 aliphatic carbocycles. The molecule has 0 bridgehead atoms. The zero-order valence-corrected chi connectivity index (χ0v) is 22.3. The van der Waals surface area contributed by atoms with E-state index in [1.807, 2.05) is 13.8 Å². The first-order valence-electron chi connectivity index (χ1n) is 14.0. The van der Waals surface area contributed by atoms with E-state index < -0.39 is 5.60 Å². The van der Waals surface area contributed by atoms with Gasteiger partial charge in [0.2, 0.25) is 0 Å². The molecule has 0 aliphatic heterocycles. The first kappa shape index (κ1) is 25.4. The second-order valence-corrected chi connectivity index (χ2v) is 13.5. The van der Waals surface area contributed by atoms with E-state index in [-0.39, 0.29) is 18.5 Å². The molecule has 188 valence electrons. The molecule has 0 radical (unpaired) electrons. The second-order valence-electron chi connectivity index (χ2n) is 13.5. The minimum absolute atomic E-state index is 0.137. The highest BCUT2D eigenvalue weighted by molar-refractivity contribution is 5.76. The van der Waals surface area contributed by atoms with Crippen LogP contribution >= 0.6 is 0 Å². The fourth-order valence-electron chi connectivity index (χ4n) is 9.04. The van der Waals surface area contributed by atoms with Crippen LogP contribution in [0.1, 0.15) is 112 Å². The summed E-state index contributed by atoms with van der Waals surface area (Å²) in [5, 5.41) is 10.1. The van der Waals surface area contributed by atoms with Crippen molar-refractivity contribution in [1.82, 2.24) is 0 Å². The van der Waals surface area contributed by atoms with Gasteiger partial charge < -0.3 is 9.84 Å². The predicted molar refractivity (Wildman–Crippen MR) is 135 cm³/mol. The Hall–Kier alpha value is -0.670. The van der Waals surface area contributed by atoms with E-state index in [9.17, 15) is 9.90 Å². The molecule has 3 fully saturated rings. The van der Waals surface area contributed by atoms with Crippen LogP contribution in [0.2, 0.25) is 0 Å². The molecule has 3 saturated carbocycles. The van der Waals surface area contributed by atoms with E-state index >= 15 is 0 Å². The van der Waals surface area contributed by atoms with Crippen molar-refractivity contribution in [3.8, 4) is 0 Å². The Balaban J connectivity index is 1.43. The first-order valence-corrected chi connectivity index (χ1v) is 14.0. The molecule has 0 aromatic carbocycles. The first-order chi connectivity index (χ1) is 15.4. The van der Waals surface area contributed by atoms with Crippen molar-refractivity contribution in [2.75, 3.05) is 6.61 Å². The van der Waals surface area contributed by atoms with Crippen LogP contribution in [0.5, 0.6) is 0 Å². The number of allylic oxidation sites excluding steroid dienone is 1. The fourth-order valence-corrected chi connectivity index (χ4v) is 9.04. The minimum atomic E-state index is -0.530. The number of ketones is 1. The van der Waals surface area contributed by atoms with Gasteiger partial charge in [-0.2, -0.15) is 0 Å². The highest BCUT2D eigenvalue weighted by Gasteiger charge is 2.59. The molecule has 4 rings (SSSR count). The molecule has 0 unspecified atom stereocenters. The Morgan fingerprint density at radius 1 is 1.18 bits per heavy atom. The summed E-state index contributed by atoms with van der Waals surface area (Å²) in [6.45, 7) is 13.5. The smallest absolute Gasteiger partial charge is 0.155 e. The molecule has 0 aromatic rings. The van der Waals surface area contributed by atoms with E-state index in [2.05, 4.69) is 26.8 Å². The third-order valence-corrected chi connectivity index (χ3v) is 10.8. The highest BCUT2D eigenvalue weighted by atomic mass is 16.5. The summed E-state index contributed by atoms with van der Waals surface area (Å²) in [6, 6.07) is 0. The SMILES string of the molecule is CC(=O)CO[C@H]1CC[C@@]2(C)C(=CC[C@H]3[C@@H]4CC[C@H]([C@H](C)CCCC(C)(C)O)[C@@]4(C)CC[C@@H]32)C1. The Morgan fingerprint density at radius 2 is 1.94 bits per heavy atom. The lowest BCUT2D eigenvalue weighted by Crippen LogP contribution is -2.51. The van der Waals surface area contributed by atoms with Gasteiger partial charge >= 0.3 is 0 Å². The van der Waals surface area contributed by atoms with E-state index in [4.69, 9.17) is 4.74 Å². The maximum Gasteiger partial charge on any atom is 0.155 e. The summed E-state index contributed by atoms with van der Waals surface area (Å²) in [5.74, 6) is 4.29. The van der Waals surface area contributed by atoms with Crippen LogP contribution in [0.25, 0.3) is 0 Å². The summed E-state index contributed by atoms with van der Waals surface area (Å²) < 4.78 is 5.95. The molecular weight excluding hydrogens is 408 g/mol. The number of rotatable bonds is 8. The van der Waals surface area contributed by atoms with Crippen LogP contribution in [-0.4, -0.2) is 29.2 Å². The quantitative estimate of drug-likeness (QED) is 0.394. The van der Waals surface area contributed by atoms with Gasteiger partial charge in [0.1, 0.15) is 6.61 Å². The van der Waals surface area contributed by atoms with Crippen molar-refractivity contribution in [2.45, 2.75) is 124 Å². The molecule has 8 atom stereocenters. The summed E-state index contributed by atoms with van der Waals surface area (Å²) in [7, 11) is 0. The molecule has 0 heterocycles. The van der Waals surface area contributed by atoms with Gasteiger partial charge in [0.15, 0.2) is 5.78 Å². The van der Waals surface area contributed by atoms with Gasteiger partial charge in [-0.3, -0.25) is 4.79 Å². The Bertz CT molecular complexity index is 748. The number of Topliss-reactive ketones (excluding diaryl/α,β-unsaturated/α-hetero) is 1. The summed E-state index contributed by atoms with van der Waals surface area (Å²) in [4.78, 5) is 11.4. The van der Waals surface area contributed by atoms with E-state index in [0.29, 0.717) is 10.8 Å². The summed E-state index contributed by atoms with van der Waals surface area (Å²) in [6.07, 6.45) is 16.4. The summed E-state index contributed by atoms with van der Waals surface area (Å²) in [5.41, 5.74) is 1.95. The van der Waals surface area contributed by atoms with Crippen molar-refractivity contribution in [3.63, 3.8) is 0 Å². The van der Waals surface area contributed by atoms with E-state index in [1.54, 1.807) is 12.5 Å². The van der Waals surface area contributed by atoms with Crippen molar-refractivity contribution in [1.29, 1.82) is 0 Å². The van der Waals surface area contributed by atoms with Gasteiger partial charge in [-0.15, -0.1) is 0 Å². The number of carbonyl (C=O) groups is 1. The normalized spacial score (nSPS) is 41.5. The monoisotopic (exact) mass is 458 g/mol. The molecular formula is C30H50O3. The van der Waals surface area contributed by atoms with Crippen molar-refractivity contribution >= 4 is 5.78 Å². The van der Waals surface area contributed by atoms with Gasteiger partial charge in [-0.25, -0.2) is 0 Å². The molecule has 3 nitrogen and oxygen atoms in total. The third kappa shape index (κ3) is 5.01. The molecule has 0 amide bonds. The average Bonchev–Trinajstić information content (AvgIpc) is 3.08. The third-order valence-electron chi connectivity index (χ3n) is 10.8. The molecule has 3 heteroatoms. The van der Waals surface area contributed by atoms with E-state index in [1.165, 1.54) is 44.9 Å². The number of fused-ring (bicyclic) bond motifs is 5. The fraction of sp³-hybridized carbons (Fsp3) is 0.900.